The average Bonchev–Trinajstić information content (AvgIpc) is 3.32. The number of benzene rings is 1. The van der Waals surface area contributed by atoms with E-state index in [-0.39, 0.29) is 12.1 Å². The predicted octanol–water partition coefficient (Wildman–Crippen LogP) is 3.87. The summed E-state index contributed by atoms with van der Waals surface area (Å²) in [6.45, 7) is 2.94. The molecule has 27 heavy (non-hydrogen) atoms. The maximum Gasteiger partial charge on any atom is 0.170 e. The van der Waals surface area contributed by atoms with Gasteiger partial charge in [0.2, 0.25) is 0 Å². The van der Waals surface area contributed by atoms with Crippen molar-refractivity contribution >= 4 is 17.3 Å². The molecule has 0 amide bonds. The summed E-state index contributed by atoms with van der Waals surface area (Å²) in [4.78, 5) is 6.80. The molecule has 3 heterocycles. The highest BCUT2D eigenvalue weighted by atomic mass is 32.1. The minimum atomic E-state index is -0.0120. The highest BCUT2D eigenvalue weighted by molar-refractivity contribution is 7.80. The van der Waals surface area contributed by atoms with Crippen LogP contribution in [0.15, 0.2) is 67.0 Å². The van der Waals surface area contributed by atoms with Crippen molar-refractivity contribution in [2.24, 2.45) is 0 Å². The van der Waals surface area contributed by atoms with E-state index in [4.69, 9.17) is 17.0 Å². The lowest BCUT2D eigenvalue weighted by Crippen LogP contribution is -2.30. The van der Waals surface area contributed by atoms with Gasteiger partial charge >= 0.3 is 0 Å². The first kappa shape index (κ1) is 17.5. The molecule has 3 aromatic rings. The predicted molar refractivity (Wildman–Crippen MR) is 110 cm³/mol. The number of ether oxygens (including phenoxy) is 1. The molecule has 0 saturated carbocycles. The average molecular weight is 379 g/mol. The smallest absolute Gasteiger partial charge is 0.170 e. The van der Waals surface area contributed by atoms with E-state index in [0.29, 0.717) is 0 Å². The Balaban J connectivity index is 1.83. The molecule has 6 heteroatoms. The van der Waals surface area contributed by atoms with Gasteiger partial charge in [0.1, 0.15) is 5.75 Å². The van der Waals surface area contributed by atoms with Crippen LogP contribution < -0.4 is 10.1 Å². The van der Waals surface area contributed by atoms with Gasteiger partial charge in [0.25, 0.3) is 0 Å². The minimum Gasteiger partial charge on any atom is -0.495 e. The summed E-state index contributed by atoms with van der Waals surface area (Å²) in [6.07, 6.45) is 3.89. The van der Waals surface area contributed by atoms with Gasteiger partial charge in [-0.05, 0) is 55.5 Å². The van der Waals surface area contributed by atoms with E-state index >= 15 is 0 Å². The van der Waals surface area contributed by atoms with Crippen LogP contribution in [0.1, 0.15) is 30.4 Å². The Morgan fingerprint density at radius 3 is 2.67 bits per heavy atom. The number of hydrogen-bond donors (Lipinski definition) is 1. The van der Waals surface area contributed by atoms with Gasteiger partial charge in [0.05, 0.1) is 30.6 Å². The first-order valence-corrected chi connectivity index (χ1v) is 9.44. The van der Waals surface area contributed by atoms with Crippen LogP contribution in [-0.4, -0.2) is 33.2 Å². The van der Waals surface area contributed by atoms with E-state index in [0.717, 1.165) is 34.5 Å². The SMILES string of the molecule is CCN1C(=S)N[C@H](c2ccccn2)[C@H]1c1cccn1-c1ccccc1OC. The van der Waals surface area contributed by atoms with Crippen molar-refractivity contribution in [2.75, 3.05) is 13.7 Å². The summed E-state index contributed by atoms with van der Waals surface area (Å²) in [7, 11) is 1.70. The monoisotopic (exact) mass is 378 g/mol. The van der Waals surface area contributed by atoms with Crippen LogP contribution >= 0.6 is 12.2 Å². The van der Waals surface area contributed by atoms with Gasteiger partial charge in [-0.2, -0.15) is 0 Å². The Morgan fingerprint density at radius 1 is 1.11 bits per heavy atom. The van der Waals surface area contributed by atoms with Crippen LogP contribution in [-0.2, 0) is 0 Å². The zero-order chi connectivity index (χ0) is 18.8. The second kappa shape index (κ2) is 7.40. The fourth-order valence-electron chi connectivity index (χ4n) is 3.75. The lowest BCUT2D eigenvalue weighted by molar-refractivity contribution is 0.320. The summed E-state index contributed by atoms with van der Waals surface area (Å²) < 4.78 is 7.76. The van der Waals surface area contributed by atoms with Crippen LogP contribution in [0.5, 0.6) is 5.75 Å². The molecule has 1 aliphatic rings. The maximum atomic E-state index is 5.63. The van der Waals surface area contributed by atoms with Gasteiger partial charge in [0, 0.05) is 24.6 Å². The van der Waals surface area contributed by atoms with Gasteiger partial charge < -0.3 is 19.5 Å². The van der Waals surface area contributed by atoms with Gasteiger partial charge in [0.15, 0.2) is 5.11 Å². The molecule has 1 aliphatic heterocycles. The number of rotatable bonds is 5. The molecule has 1 N–H and O–H groups in total. The molecule has 0 aliphatic carbocycles. The minimum absolute atomic E-state index is 0.0120. The van der Waals surface area contributed by atoms with Crippen molar-refractivity contribution in [3.8, 4) is 11.4 Å². The third kappa shape index (κ3) is 3.06. The summed E-state index contributed by atoms with van der Waals surface area (Å²) in [5.74, 6) is 0.834. The van der Waals surface area contributed by atoms with Gasteiger partial charge in [-0.15, -0.1) is 0 Å². The first-order chi connectivity index (χ1) is 13.2. The third-order valence-electron chi connectivity index (χ3n) is 4.97. The molecule has 0 spiro atoms. The van der Waals surface area contributed by atoms with Crippen molar-refractivity contribution in [2.45, 2.75) is 19.0 Å². The van der Waals surface area contributed by atoms with Crippen LogP contribution in [0.2, 0.25) is 0 Å². The molecule has 138 valence electrons. The number of thiocarbonyl (C=S) groups is 1. The van der Waals surface area contributed by atoms with E-state index in [1.807, 2.05) is 42.6 Å². The Bertz CT molecular complexity index is 940. The fraction of sp³-hybridized carbons (Fsp3) is 0.238. The summed E-state index contributed by atoms with van der Waals surface area (Å²) in [6, 6.07) is 18.3. The van der Waals surface area contributed by atoms with E-state index in [1.54, 1.807) is 7.11 Å². The normalized spacial score (nSPS) is 19.2. The Hall–Kier alpha value is -2.86. The lowest BCUT2D eigenvalue weighted by atomic mass is 10.0. The summed E-state index contributed by atoms with van der Waals surface area (Å²) in [5, 5.41) is 4.22. The number of aromatic nitrogens is 2. The number of nitrogens with zero attached hydrogens (tertiary/aromatic N) is 3. The molecule has 2 atom stereocenters. The second-order valence-electron chi connectivity index (χ2n) is 6.39. The molecular weight excluding hydrogens is 356 g/mol. The van der Waals surface area contributed by atoms with Gasteiger partial charge in [-0.3, -0.25) is 4.98 Å². The standard InChI is InChI=1S/C21H22N4OS/c1-3-24-20(19(23-21(24)27)15-9-6-7-13-22-15)17-11-8-14-25(17)16-10-4-5-12-18(16)26-2/h4-14,19-20H,3H2,1-2H3,(H,23,27)/t19-,20-/m1/s1. The zero-order valence-corrected chi connectivity index (χ0v) is 16.2. The topological polar surface area (TPSA) is 42.3 Å². The van der Waals surface area contributed by atoms with E-state index in [9.17, 15) is 0 Å². The van der Waals surface area contributed by atoms with Crippen LogP contribution in [0.3, 0.4) is 0 Å². The van der Waals surface area contributed by atoms with Crippen molar-refractivity contribution in [1.82, 2.24) is 19.8 Å². The van der Waals surface area contributed by atoms with Crippen molar-refractivity contribution in [1.29, 1.82) is 0 Å². The van der Waals surface area contributed by atoms with Crippen LogP contribution in [0.25, 0.3) is 5.69 Å². The van der Waals surface area contributed by atoms with Gasteiger partial charge in [-0.25, -0.2) is 0 Å². The van der Waals surface area contributed by atoms with E-state index in [2.05, 4.69) is 51.1 Å². The number of likely N-dealkylation sites (N-methyl/N-ethyl adjacent to an activating group) is 1. The highest BCUT2D eigenvalue weighted by Gasteiger charge is 2.40. The number of para-hydroxylation sites is 2. The van der Waals surface area contributed by atoms with Crippen LogP contribution in [0, 0.1) is 0 Å². The fourth-order valence-corrected chi connectivity index (χ4v) is 4.12. The van der Waals surface area contributed by atoms with Gasteiger partial charge in [-0.1, -0.05) is 18.2 Å². The highest BCUT2D eigenvalue weighted by Crippen LogP contribution is 2.40. The van der Waals surface area contributed by atoms with Crippen molar-refractivity contribution < 1.29 is 4.74 Å². The molecule has 5 nitrogen and oxygen atoms in total. The molecule has 4 rings (SSSR count). The molecule has 0 unspecified atom stereocenters. The number of nitrogens with one attached hydrogen (secondary N) is 1. The Kier molecular flexibility index (Phi) is 4.81. The molecular formula is C21H22N4OS. The number of hydrogen-bond acceptors (Lipinski definition) is 3. The Labute approximate surface area is 164 Å². The second-order valence-corrected chi connectivity index (χ2v) is 6.77. The van der Waals surface area contributed by atoms with Crippen molar-refractivity contribution in [3.63, 3.8) is 0 Å². The van der Waals surface area contributed by atoms with Crippen molar-refractivity contribution in [3.05, 3.63) is 78.4 Å². The number of pyridine rings is 1. The lowest BCUT2D eigenvalue weighted by Gasteiger charge is -2.28. The molecule has 0 radical (unpaired) electrons. The molecule has 1 saturated heterocycles. The Morgan fingerprint density at radius 2 is 1.93 bits per heavy atom. The number of methoxy groups -OCH3 is 1. The van der Waals surface area contributed by atoms with E-state index < -0.39 is 0 Å². The van der Waals surface area contributed by atoms with E-state index in [1.165, 1.54) is 0 Å². The summed E-state index contributed by atoms with van der Waals surface area (Å²) in [5.41, 5.74) is 3.13. The molecule has 1 aromatic carbocycles. The summed E-state index contributed by atoms with van der Waals surface area (Å²) >= 11 is 5.63. The van der Waals surface area contributed by atoms with Crippen LogP contribution in [0.4, 0.5) is 0 Å². The quantitative estimate of drug-likeness (QED) is 0.683. The molecule has 0 bridgehead atoms. The maximum absolute atomic E-state index is 5.63. The molecule has 1 fully saturated rings. The zero-order valence-electron chi connectivity index (χ0n) is 15.4. The third-order valence-corrected chi connectivity index (χ3v) is 5.32. The molecule has 2 aromatic heterocycles. The first-order valence-electron chi connectivity index (χ1n) is 9.03. The largest absolute Gasteiger partial charge is 0.495 e.